The van der Waals surface area contributed by atoms with Crippen molar-refractivity contribution in [2.75, 3.05) is 50.1 Å². The molecule has 13 nitrogen and oxygen atoms in total. The van der Waals surface area contributed by atoms with Gasteiger partial charge in [0, 0.05) is 63.4 Å². The van der Waals surface area contributed by atoms with E-state index in [1.54, 1.807) is 29.7 Å². The third-order valence-corrected chi connectivity index (χ3v) is 7.58. The molecule has 0 unspecified atom stereocenters. The van der Waals surface area contributed by atoms with Gasteiger partial charge in [-0.25, -0.2) is 9.97 Å². The first-order chi connectivity index (χ1) is 19.2. The summed E-state index contributed by atoms with van der Waals surface area (Å²) in [5, 5.41) is 5.11. The fourth-order valence-electron chi connectivity index (χ4n) is 4.96. The number of halogens is 1. The number of fused-ring (bicyclic) bond motifs is 2. The number of aromatic nitrogens is 4. The topological polar surface area (TPSA) is 182 Å². The van der Waals surface area contributed by atoms with E-state index in [0.717, 1.165) is 35.2 Å². The minimum absolute atomic E-state index is 0. The van der Waals surface area contributed by atoms with Gasteiger partial charge in [-0.05, 0) is 18.2 Å². The van der Waals surface area contributed by atoms with E-state index < -0.39 is 11.8 Å². The number of anilines is 2. The number of nitrogens with two attached hydrogens (primary N) is 2. The molecule has 0 atom stereocenters. The van der Waals surface area contributed by atoms with E-state index >= 15 is 0 Å². The predicted molar refractivity (Wildman–Crippen MR) is 160 cm³/mol. The van der Waals surface area contributed by atoms with E-state index in [1.165, 1.54) is 6.08 Å². The van der Waals surface area contributed by atoms with Crippen LogP contribution in [0.25, 0.3) is 21.8 Å². The Morgan fingerprint density at radius 3 is 1.76 bits per heavy atom. The molecular weight excluding hydrogens is 548 g/mol. The molecule has 2 aliphatic rings. The molecule has 3 amide bonds. The monoisotopic (exact) mass is 580 g/mol. The summed E-state index contributed by atoms with van der Waals surface area (Å²) in [6.07, 6.45) is 8.24. The second-order valence-electron chi connectivity index (χ2n) is 9.88. The summed E-state index contributed by atoms with van der Waals surface area (Å²) in [7, 11) is 3.99. The molecule has 0 bridgehead atoms. The molecule has 0 aromatic carbocycles. The first kappa shape index (κ1) is 29.4. The van der Waals surface area contributed by atoms with Crippen LogP contribution in [0, 0.1) is 0 Å². The highest BCUT2D eigenvalue weighted by Crippen LogP contribution is 2.30. The summed E-state index contributed by atoms with van der Waals surface area (Å²) < 4.78 is 0. The number of pyridine rings is 2. The Morgan fingerprint density at radius 2 is 1.37 bits per heavy atom. The maximum Gasteiger partial charge on any atom is 0.269 e. The van der Waals surface area contributed by atoms with Crippen molar-refractivity contribution in [1.29, 1.82) is 0 Å². The first-order valence-corrected chi connectivity index (χ1v) is 12.8. The molecule has 2 fully saturated rings. The Balaban J connectivity index is 0.000000188. The zero-order valence-electron chi connectivity index (χ0n) is 22.8. The summed E-state index contributed by atoms with van der Waals surface area (Å²) >= 11 is 0. The van der Waals surface area contributed by atoms with Crippen LogP contribution in [0.3, 0.4) is 0 Å². The van der Waals surface area contributed by atoms with Gasteiger partial charge in [0.05, 0.1) is 46.9 Å². The minimum Gasteiger partial charge on any atom is -0.367 e. The van der Waals surface area contributed by atoms with E-state index in [4.69, 9.17) is 11.5 Å². The van der Waals surface area contributed by atoms with Crippen LogP contribution >= 0.6 is 12.4 Å². The lowest BCUT2D eigenvalue weighted by Crippen LogP contribution is -2.60. The van der Waals surface area contributed by atoms with Gasteiger partial charge in [-0.2, -0.15) is 0 Å². The van der Waals surface area contributed by atoms with Gasteiger partial charge in [-0.15, -0.1) is 12.4 Å². The van der Waals surface area contributed by atoms with Crippen LogP contribution in [0.5, 0.6) is 0 Å². The van der Waals surface area contributed by atoms with Gasteiger partial charge in [0.15, 0.2) is 11.4 Å². The number of likely N-dealkylation sites (tertiary alicyclic amines) is 1. The second-order valence-corrected chi connectivity index (χ2v) is 9.88. The molecule has 6 heterocycles. The number of nitrogens with one attached hydrogen (secondary N) is 3. The Bertz CT molecular complexity index is 1610. The number of hydrogen-bond acceptors (Lipinski definition) is 8. The van der Waals surface area contributed by atoms with Gasteiger partial charge in [-0.1, -0.05) is 6.58 Å². The number of carbonyl (C=O) groups is 3. The molecule has 4 aromatic rings. The highest BCUT2D eigenvalue weighted by molar-refractivity contribution is 6.07. The van der Waals surface area contributed by atoms with Gasteiger partial charge < -0.3 is 41.5 Å². The highest BCUT2D eigenvalue weighted by Gasteiger charge is 2.33. The number of hydrogen-bond donors (Lipinski definition) is 5. The quantitative estimate of drug-likeness (QED) is 0.200. The standard InChI is InChI=1S/C15H17N5O2.C12H15N5O.ClH/c1-3-12(21)20-7-9(8-20)19(2)11-6-18-14(15(16)22)13-10(11)4-5-17-13;1-17(7-4-14-5-7)9-6-16-11(12(13)18)10-8(9)2-3-15-10;/h3-6,9,17H,1,7-8H2,2H3,(H2,16,22);2-3,6-7,14-15H,4-5H2,1H3,(H2,13,18);1H. The third-order valence-electron chi connectivity index (χ3n) is 7.58. The maximum absolute atomic E-state index is 11.5. The average molecular weight is 581 g/mol. The molecule has 2 aliphatic heterocycles. The van der Waals surface area contributed by atoms with E-state index in [0.29, 0.717) is 35.9 Å². The van der Waals surface area contributed by atoms with Gasteiger partial charge in [0.2, 0.25) is 5.91 Å². The maximum atomic E-state index is 11.5. The van der Waals surface area contributed by atoms with Gasteiger partial charge in [-0.3, -0.25) is 14.4 Å². The number of H-pyrrole nitrogens is 2. The van der Waals surface area contributed by atoms with Crippen molar-refractivity contribution in [2.45, 2.75) is 12.1 Å². The number of likely N-dealkylation sites (N-methyl/N-ethyl adjacent to an activating group) is 2. The molecular formula is C27H33ClN10O3. The molecule has 0 aliphatic carbocycles. The largest absolute Gasteiger partial charge is 0.367 e. The number of nitrogens with zero attached hydrogens (tertiary/aromatic N) is 5. The lowest BCUT2D eigenvalue weighted by Gasteiger charge is -2.44. The number of primary amides is 2. The van der Waals surface area contributed by atoms with Gasteiger partial charge >= 0.3 is 0 Å². The van der Waals surface area contributed by atoms with E-state index in [9.17, 15) is 14.4 Å². The van der Waals surface area contributed by atoms with E-state index in [1.807, 2.05) is 26.2 Å². The molecule has 14 heteroatoms. The predicted octanol–water partition coefficient (Wildman–Crippen LogP) is 0.986. The summed E-state index contributed by atoms with van der Waals surface area (Å²) in [5.74, 6) is -1.13. The molecule has 6 rings (SSSR count). The Hall–Kier alpha value is -4.62. The summed E-state index contributed by atoms with van der Waals surface area (Å²) in [4.78, 5) is 54.6. The van der Waals surface area contributed by atoms with Crippen LogP contribution in [0.1, 0.15) is 21.0 Å². The van der Waals surface area contributed by atoms with E-state index in [-0.39, 0.29) is 30.0 Å². The fourth-order valence-corrected chi connectivity index (χ4v) is 4.96. The van der Waals surface area contributed by atoms with Crippen LogP contribution in [0.4, 0.5) is 11.4 Å². The average Bonchev–Trinajstić information content (AvgIpc) is 3.55. The van der Waals surface area contributed by atoms with Crippen molar-refractivity contribution in [2.24, 2.45) is 11.5 Å². The van der Waals surface area contributed by atoms with Crippen LogP contribution < -0.4 is 26.6 Å². The lowest BCUT2D eigenvalue weighted by molar-refractivity contribution is -0.130. The van der Waals surface area contributed by atoms with Gasteiger partial charge in [0.25, 0.3) is 11.8 Å². The second kappa shape index (κ2) is 11.9. The molecule has 41 heavy (non-hydrogen) atoms. The third kappa shape index (κ3) is 5.41. The first-order valence-electron chi connectivity index (χ1n) is 12.8. The number of carbonyl (C=O) groups excluding carboxylic acids is 3. The zero-order valence-corrected chi connectivity index (χ0v) is 23.6. The Kier molecular flexibility index (Phi) is 8.49. The Labute approximate surface area is 242 Å². The van der Waals surface area contributed by atoms with E-state index in [2.05, 4.69) is 41.6 Å². The van der Waals surface area contributed by atoms with Crippen molar-refractivity contribution in [1.82, 2.24) is 30.2 Å². The normalized spacial score (nSPS) is 14.7. The minimum atomic E-state index is -0.562. The Morgan fingerprint density at radius 1 is 0.902 bits per heavy atom. The SMILES string of the molecule is C=CC(=O)N1CC(N(C)c2cnc(C(N)=O)c3[nH]ccc23)C1.CN(c1cnc(C(N)=O)c2[nH]ccc12)C1CNC1.Cl. The van der Waals surface area contributed by atoms with Crippen molar-refractivity contribution in [3.8, 4) is 0 Å². The molecule has 0 saturated carbocycles. The van der Waals surface area contributed by atoms with Crippen molar-refractivity contribution in [3.05, 3.63) is 61.0 Å². The number of rotatable bonds is 7. The summed E-state index contributed by atoms with van der Waals surface area (Å²) in [5.41, 5.74) is 14.4. The molecule has 0 spiro atoms. The van der Waals surface area contributed by atoms with Crippen LogP contribution in [0.15, 0.2) is 49.6 Å². The summed E-state index contributed by atoms with van der Waals surface area (Å²) in [6, 6.07) is 4.52. The van der Waals surface area contributed by atoms with Crippen molar-refractivity contribution in [3.63, 3.8) is 0 Å². The highest BCUT2D eigenvalue weighted by atomic mass is 35.5. The van der Waals surface area contributed by atoms with Crippen LogP contribution in [-0.2, 0) is 4.79 Å². The molecule has 2 saturated heterocycles. The lowest BCUT2D eigenvalue weighted by atomic mass is 10.1. The smallest absolute Gasteiger partial charge is 0.269 e. The number of aromatic amines is 2. The molecule has 0 radical (unpaired) electrons. The fraction of sp³-hybridized carbons (Fsp3) is 0.296. The molecule has 7 N–H and O–H groups in total. The van der Waals surface area contributed by atoms with Crippen LogP contribution in [0.2, 0.25) is 0 Å². The zero-order chi connectivity index (χ0) is 28.6. The van der Waals surface area contributed by atoms with Crippen molar-refractivity contribution < 1.29 is 14.4 Å². The molecule has 216 valence electrons. The molecule has 4 aromatic heterocycles. The van der Waals surface area contributed by atoms with Crippen LogP contribution in [-0.4, -0.2) is 94.9 Å². The van der Waals surface area contributed by atoms with Gasteiger partial charge in [0.1, 0.15) is 0 Å². The summed E-state index contributed by atoms with van der Waals surface area (Å²) in [6.45, 7) is 6.72. The number of amides is 3. The van der Waals surface area contributed by atoms with Crippen molar-refractivity contribution >= 4 is 63.3 Å².